The summed E-state index contributed by atoms with van der Waals surface area (Å²) in [6.45, 7) is 4.98. The monoisotopic (exact) mass is 328 g/mol. The Morgan fingerprint density at radius 3 is 2.96 bits per heavy atom. The molecule has 0 unspecified atom stereocenters. The molecule has 0 bridgehead atoms. The summed E-state index contributed by atoms with van der Waals surface area (Å²) < 4.78 is 13.7. The Morgan fingerprint density at radius 1 is 1.38 bits per heavy atom. The SMILES string of the molecule is CC(=O)N1C[C@H]2CN(Cc3ncc[nH]3)C[C@H]2[C@@H]1c1cccc(F)c1. The van der Waals surface area contributed by atoms with Gasteiger partial charge in [-0.2, -0.15) is 0 Å². The van der Waals surface area contributed by atoms with Crippen LogP contribution in [0.15, 0.2) is 36.7 Å². The van der Waals surface area contributed by atoms with Gasteiger partial charge < -0.3 is 9.88 Å². The molecule has 0 spiro atoms. The molecule has 1 aromatic heterocycles. The molecule has 1 aromatic carbocycles. The molecule has 2 saturated heterocycles. The second-order valence-corrected chi connectivity index (χ2v) is 6.83. The first-order valence-corrected chi connectivity index (χ1v) is 8.35. The van der Waals surface area contributed by atoms with Gasteiger partial charge in [-0.05, 0) is 23.6 Å². The molecule has 0 saturated carbocycles. The van der Waals surface area contributed by atoms with E-state index in [1.165, 1.54) is 6.07 Å². The quantitative estimate of drug-likeness (QED) is 0.940. The molecule has 0 radical (unpaired) electrons. The van der Waals surface area contributed by atoms with Crippen LogP contribution in [0.2, 0.25) is 0 Å². The van der Waals surface area contributed by atoms with Crippen LogP contribution in [0.25, 0.3) is 0 Å². The lowest BCUT2D eigenvalue weighted by atomic mass is 9.89. The second-order valence-electron chi connectivity index (χ2n) is 6.83. The smallest absolute Gasteiger partial charge is 0.219 e. The maximum atomic E-state index is 13.7. The van der Waals surface area contributed by atoms with Crippen LogP contribution in [-0.4, -0.2) is 45.3 Å². The van der Waals surface area contributed by atoms with Crippen molar-refractivity contribution in [2.75, 3.05) is 19.6 Å². The highest BCUT2D eigenvalue weighted by Crippen LogP contribution is 2.45. The molecule has 2 aliphatic rings. The average Bonchev–Trinajstić information content (AvgIpc) is 3.23. The fourth-order valence-electron chi connectivity index (χ4n) is 4.30. The lowest BCUT2D eigenvalue weighted by Crippen LogP contribution is -2.34. The number of likely N-dealkylation sites (tertiary alicyclic amines) is 2. The van der Waals surface area contributed by atoms with Gasteiger partial charge in [0, 0.05) is 44.9 Å². The van der Waals surface area contributed by atoms with Crippen molar-refractivity contribution in [1.82, 2.24) is 19.8 Å². The van der Waals surface area contributed by atoms with E-state index >= 15 is 0 Å². The normalized spacial score (nSPS) is 26.8. The minimum Gasteiger partial charge on any atom is -0.348 e. The average molecular weight is 328 g/mol. The zero-order chi connectivity index (χ0) is 16.7. The summed E-state index contributed by atoms with van der Waals surface area (Å²) in [5.41, 5.74) is 0.901. The number of hydrogen-bond donors (Lipinski definition) is 1. The van der Waals surface area contributed by atoms with Crippen LogP contribution in [0.5, 0.6) is 0 Å². The van der Waals surface area contributed by atoms with Gasteiger partial charge in [-0.25, -0.2) is 9.37 Å². The van der Waals surface area contributed by atoms with Crippen molar-refractivity contribution in [3.05, 3.63) is 53.9 Å². The van der Waals surface area contributed by atoms with Crippen LogP contribution in [0, 0.1) is 17.7 Å². The molecule has 3 atom stereocenters. The fraction of sp³-hybridized carbons (Fsp3) is 0.444. The molecular weight excluding hydrogens is 307 g/mol. The van der Waals surface area contributed by atoms with E-state index in [-0.39, 0.29) is 17.8 Å². The number of aromatic nitrogens is 2. The summed E-state index contributed by atoms with van der Waals surface area (Å²) in [6, 6.07) is 6.64. The van der Waals surface area contributed by atoms with Gasteiger partial charge in [-0.15, -0.1) is 0 Å². The molecule has 2 aliphatic heterocycles. The number of benzene rings is 1. The molecule has 1 amide bonds. The first-order valence-electron chi connectivity index (χ1n) is 8.35. The van der Waals surface area contributed by atoms with Crippen LogP contribution < -0.4 is 0 Å². The predicted molar refractivity (Wildman–Crippen MR) is 87.4 cm³/mol. The summed E-state index contributed by atoms with van der Waals surface area (Å²) >= 11 is 0. The maximum Gasteiger partial charge on any atom is 0.219 e. The third kappa shape index (κ3) is 2.71. The fourth-order valence-corrected chi connectivity index (χ4v) is 4.30. The third-order valence-corrected chi connectivity index (χ3v) is 5.26. The standard InChI is InChI=1S/C18H21FN4O/c1-12(24)23-9-14-8-22(11-17-20-5-6-21-17)10-16(14)18(23)13-3-2-4-15(19)7-13/h2-7,14,16,18H,8-11H2,1H3,(H,20,21)/t14-,16-,18+/m1/s1. The number of imidazole rings is 1. The molecule has 24 heavy (non-hydrogen) atoms. The van der Waals surface area contributed by atoms with Crippen molar-refractivity contribution in [2.45, 2.75) is 19.5 Å². The predicted octanol–water partition coefficient (Wildman–Crippen LogP) is 2.20. The molecule has 2 aromatic rings. The molecule has 3 heterocycles. The zero-order valence-electron chi connectivity index (χ0n) is 13.7. The molecular formula is C18H21FN4O. The van der Waals surface area contributed by atoms with E-state index < -0.39 is 0 Å². The van der Waals surface area contributed by atoms with Gasteiger partial charge in [0.2, 0.25) is 5.91 Å². The largest absolute Gasteiger partial charge is 0.348 e. The Morgan fingerprint density at radius 2 is 2.25 bits per heavy atom. The number of amides is 1. The Labute approximate surface area is 140 Å². The van der Waals surface area contributed by atoms with Gasteiger partial charge in [0.15, 0.2) is 0 Å². The molecule has 4 rings (SSSR count). The highest BCUT2D eigenvalue weighted by atomic mass is 19.1. The number of carbonyl (C=O) groups excluding carboxylic acids is 1. The molecule has 5 nitrogen and oxygen atoms in total. The number of aromatic amines is 1. The van der Waals surface area contributed by atoms with E-state index in [2.05, 4.69) is 14.9 Å². The summed E-state index contributed by atoms with van der Waals surface area (Å²) in [6.07, 6.45) is 3.60. The van der Waals surface area contributed by atoms with Crippen LogP contribution in [0.3, 0.4) is 0 Å². The van der Waals surface area contributed by atoms with Gasteiger partial charge in [0.25, 0.3) is 0 Å². The van der Waals surface area contributed by atoms with Crippen LogP contribution in [-0.2, 0) is 11.3 Å². The molecule has 2 fully saturated rings. The van der Waals surface area contributed by atoms with E-state index in [1.807, 2.05) is 17.2 Å². The van der Waals surface area contributed by atoms with E-state index in [4.69, 9.17) is 0 Å². The molecule has 6 heteroatoms. The summed E-state index contributed by atoms with van der Waals surface area (Å²) in [4.78, 5) is 23.8. The Hall–Kier alpha value is -2.21. The lowest BCUT2D eigenvalue weighted by Gasteiger charge is -2.29. The number of H-pyrrole nitrogens is 1. The van der Waals surface area contributed by atoms with Crippen LogP contribution in [0.1, 0.15) is 24.4 Å². The molecule has 1 N–H and O–H groups in total. The number of nitrogens with one attached hydrogen (secondary N) is 1. The van der Waals surface area contributed by atoms with E-state index in [9.17, 15) is 9.18 Å². The van der Waals surface area contributed by atoms with Gasteiger partial charge in [0.1, 0.15) is 11.6 Å². The summed E-state index contributed by atoms with van der Waals surface area (Å²) in [5.74, 6) is 1.55. The minimum absolute atomic E-state index is 0.0372. The summed E-state index contributed by atoms with van der Waals surface area (Å²) in [7, 11) is 0. The van der Waals surface area contributed by atoms with Crippen molar-refractivity contribution < 1.29 is 9.18 Å². The number of hydrogen-bond acceptors (Lipinski definition) is 3. The Balaban J connectivity index is 1.57. The number of halogens is 1. The lowest BCUT2D eigenvalue weighted by molar-refractivity contribution is -0.130. The number of carbonyl (C=O) groups is 1. The van der Waals surface area contributed by atoms with Crippen LogP contribution in [0.4, 0.5) is 4.39 Å². The molecule has 126 valence electrons. The number of fused-ring (bicyclic) bond motifs is 1. The van der Waals surface area contributed by atoms with Crippen LogP contribution >= 0.6 is 0 Å². The second kappa shape index (κ2) is 6.02. The topological polar surface area (TPSA) is 52.2 Å². The van der Waals surface area contributed by atoms with Gasteiger partial charge >= 0.3 is 0 Å². The Bertz CT molecular complexity index is 732. The van der Waals surface area contributed by atoms with E-state index in [1.54, 1.807) is 25.3 Å². The van der Waals surface area contributed by atoms with Gasteiger partial charge in [0.05, 0.1) is 12.6 Å². The summed E-state index contributed by atoms with van der Waals surface area (Å²) in [5, 5.41) is 0. The van der Waals surface area contributed by atoms with Crippen molar-refractivity contribution in [3.8, 4) is 0 Å². The highest BCUT2D eigenvalue weighted by Gasteiger charge is 2.48. The number of rotatable bonds is 3. The first-order chi connectivity index (χ1) is 11.6. The zero-order valence-corrected chi connectivity index (χ0v) is 13.7. The van der Waals surface area contributed by atoms with E-state index in [0.717, 1.165) is 37.6 Å². The van der Waals surface area contributed by atoms with Crippen molar-refractivity contribution in [1.29, 1.82) is 0 Å². The number of nitrogens with zero attached hydrogens (tertiary/aromatic N) is 3. The van der Waals surface area contributed by atoms with E-state index in [0.29, 0.717) is 11.8 Å². The minimum atomic E-state index is -0.245. The van der Waals surface area contributed by atoms with Crippen molar-refractivity contribution in [3.63, 3.8) is 0 Å². The molecule has 0 aliphatic carbocycles. The third-order valence-electron chi connectivity index (χ3n) is 5.26. The van der Waals surface area contributed by atoms with Gasteiger partial charge in [-0.3, -0.25) is 9.69 Å². The first kappa shape index (κ1) is 15.3. The Kier molecular flexibility index (Phi) is 3.84. The highest BCUT2D eigenvalue weighted by molar-refractivity contribution is 5.74. The maximum absolute atomic E-state index is 13.7. The van der Waals surface area contributed by atoms with Crippen molar-refractivity contribution >= 4 is 5.91 Å². The van der Waals surface area contributed by atoms with Gasteiger partial charge in [-0.1, -0.05) is 12.1 Å². The van der Waals surface area contributed by atoms with Crippen molar-refractivity contribution in [2.24, 2.45) is 11.8 Å².